The number of anilines is 1. The fourth-order valence-corrected chi connectivity index (χ4v) is 5.48. The largest absolute Gasteiger partial charge is 0.479 e. The Morgan fingerprint density at radius 2 is 1.77 bits per heavy atom. The van der Waals surface area contributed by atoms with E-state index in [2.05, 4.69) is 20.3 Å². The van der Waals surface area contributed by atoms with Gasteiger partial charge in [0.2, 0.25) is 18.1 Å². The lowest BCUT2D eigenvalue weighted by Gasteiger charge is -2.38. The first-order chi connectivity index (χ1) is 24.9. The van der Waals surface area contributed by atoms with E-state index < -0.39 is 90.8 Å². The molecule has 21 nitrogen and oxygen atoms in total. The number of fused-ring (bicyclic) bond motifs is 1. The quantitative estimate of drug-likeness (QED) is 0.0744. The van der Waals surface area contributed by atoms with Crippen molar-refractivity contribution in [1.29, 1.82) is 0 Å². The van der Waals surface area contributed by atoms with Gasteiger partial charge < -0.3 is 54.3 Å². The Bertz CT molecular complexity index is 1930. The first-order valence-electron chi connectivity index (χ1n) is 15.6. The van der Waals surface area contributed by atoms with Crippen molar-refractivity contribution in [2.75, 3.05) is 11.9 Å². The molecule has 2 aliphatic heterocycles. The van der Waals surface area contributed by atoms with Crippen LogP contribution in [0.4, 0.5) is 16.4 Å². The Morgan fingerprint density at radius 1 is 1.00 bits per heavy atom. The number of nitrogens with one attached hydrogen (secondary N) is 1. The Balaban J connectivity index is 1.17. The summed E-state index contributed by atoms with van der Waals surface area (Å²) >= 11 is 0. The topological polar surface area (TPSA) is 300 Å². The van der Waals surface area contributed by atoms with Crippen LogP contribution in [0.1, 0.15) is 23.8 Å². The van der Waals surface area contributed by atoms with Crippen LogP contribution in [-0.4, -0.2) is 117 Å². The van der Waals surface area contributed by atoms with Gasteiger partial charge >= 0.3 is 17.7 Å². The van der Waals surface area contributed by atoms with Crippen LogP contribution in [0.3, 0.4) is 0 Å². The van der Waals surface area contributed by atoms with Crippen LogP contribution in [0.15, 0.2) is 54.9 Å². The molecule has 1 amide bonds. The molecule has 6 rings (SSSR count). The molecule has 0 bridgehead atoms. The third kappa shape index (κ3) is 7.69. The van der Waals surface area contributed by atoms with E-state index in [0.29, 0.717) is 0 Å². The third-order valence-electron chi connectivity index (χ3n) is 8.16. The summed E-state index contributed by atoms with van der Waals surface area (Å²) in [6.45, 7) is -0.833. The first-order valence-corrected chi connectivity index (χ1v) is 15.6. The van der Waals surface area contributed by atoms with Crippen molar-refractivity contribution in [2.45, 2.75) is 68.8 Å². The summed E-state index contributed by atoms with van der Waals surface area (Å²) in [5, 5.41) is 73.4. The highest BCUT2D eigenvalue weighted by Crippen LogP contribution is 2.34. The lowest BCUT2D eigenvalue weighted by atomic mass is 9.99. The molecule has 0 unspecified atom stereocenters. The molecule has 4 heterocycles. The Labute approximate surface area is 291 Å². The molecule has 0 spiro atoms. The van der Waals surface area contributed by atoms with E-state index in [-0.39, 0.29) is 41.6 Å². The molecule has 52 heavy (non-hydrogen) atoms. The van der Waals surface area contributed by atoms with Crippen LogP contribution in [0.5, 0.6) is 11.6 Å². The highest BCUT2D eigenvalue weighted by Gasteiger charge is 2.48. The lowest BCUT2D eigenvalue weighted by molar-refractivity contribution is -0.387. The highest BCUT2D eigenvalue weighted by atomic mass is 16.7. The fraction of sp³-hybridized carbons (Fsp3) is 0.387. The van der Waals surface area contributed by atoms with Crippen molar-refractivity contribution in [2.24, 2.45) is 0 Å². The maximum atomic E-state index is 12.9. The summed E-state index contributed by atoms with van der Waals surface area (Å²) in [6.07, 6.45) is -12.0. The summed E-state index contributed by atoms with van der Waals surface area (Å²) in [5.41, 5.74) is 0.610. The summed E-state index contributed by atoms with van der Waals surface area (Å²) in [6, 6.07) is 12.5. The van der Waals surface area contributed by atoms with Gasteiger partial charge in [-0.15, -0.1) is 0 Å². The number of aromatic nitrogens is 4. The normalized spacial score (nSPS) is 25.8. The summed E-state index contributed by atoms with van der Waals surface area (Å²) in [4.78, 5) is 48.3. The molecule has 7 N–H and O–H groups in total. The second-order valence-corrected chi connectivity index (χ2v) is 11.7. The number of aliphatic carboxylic acids is 1. The van der Waals surface area contributed by atoms with Crippen molar-refractivity contribution in [3.05, 3.63) is 76.1 Å². The minimum absolute atomic E-state index is 0.00450. The molecular weight excluding hydrogens is 696 g/mol. The van der Waals surface area contributed by atoms with E-state index in [9.17, 15) is 50.3 Å². The average molecular weight is 729 g/mol. The molecule has 2 aromatic carbocycles. The van der Waals surface area contributed by atoms with Crippen LogP contribution in [0.2, 0.25) is 0 Å². The standard InChI is InChI=1S/C31H32N6O15/c38-10-19-17(39)9-20(50-19)36-13-32-21-26(36)33-30(34-27(21)48-11-14-4-2-1-3-5-14)35-31(45)49-12-15-6-7-18(16(8-15)37(46)47)51-29-24(42)22(40)23(41)25(52-29)28(43)44/h1-8,13,17,19-20,22-25,29,38-42H,9-12H2,(H,43,44)(H,33,34,35,45)/t17-,19+,20+,22-,23-,24+,25-,29+/m0/s1. The van der Waals surface area contributed by atoms with Gasteiger partial charge in [0, 0.05) is 12.5 Å². The third-order valence-corrected chi connectivity index (χ3v) is 8.16. The van der Waals surface area contributed by atoms with E-state index in [4.69, 9.17) is 23.7 Å². The Morgan fingerprint density at radius 3 is 2.46 bits per heavy atom. The number of carboxylic acids is 1. The summed E-state index contributed by atoms with van der Waals surface area (Å²) in [5.74, 6) is -2.43. The van der Waals surface area contributed by atoms with E-state index in [1.54, 1.807) is 0 Å². The molecule has 0 aliphatic carbocycles. The number of hydrogen-bond acceptors (Lipinski definition) is 17. The zero-order chi connectivity index (χ0) is 37.1. The summed E-state index contributed by atoms with van der Waals surface area (Å²) < 4.78 is 28.8. The molecule has 2 saturated heterocycles. The van der Waals surface area contributed by atoms with Crippen LogP contribution < -0.4 is 14.8 Å². The van der Waals surface area contributed by atoms with Gasteiger partial charge in [0.1, 0.15) is 43.9 Å². The van der Waals surface area contributed by atoms with Crippen LogP contribution in [0.25, 0.3) is 11.2 Å². The van der Waals surface area contributed by atoms with Gasteiger partial charge in [-0.2, -0.15) is 9.97 Å². The molecule has 4 aromatic rings. The number of imidazole rings is 1. The second-order valence-electron chi connectivity index (χ2n) is 11.7. The maximum absolute atomic E-state index is 12.9. The van der Waals surface area contributed by atoms with Crippen molar-refractivity contribution in [3.8, 4) is 11.6 Å². The first kappa shape index (κ1) is 36.2. The predicted octanol–water partition coefficient (Wildman–Crippen LogP) is -0.0261. The van der Waals surface area contributed by atoms with Crippen molar-refractivity contribution in [1.82, 2.24) is 19.5 Å². The minimum atomic E-state index is -2.00. The molecular formula is C31H32N6O15. The van der Waals surface area contributed by atoms with E-state index >= 15 is 0 Å². The number of hydrogen-bond donors (Lipinski definition) is 7. The number of benzene rings is 2. The molecule has 2 aromatic heterocycles. The number of aliphatic hydroxyl groups is 5. The minimum Gasteiger partial charge on any atom is -0.479 e. The van der Waals surface area contributed by atoms with Crippen LogP contribution in [0, 0.1) is 10.1 Å². The van der Waals surface area contributed by atoms with Crippen LogP contribution >= 0.6 is 0 Å². The molecule has 0 saturated carbocycles. The van der Waals surface area contributed by atoms with Gasteiger partial charge in [0.15, 0.2) is 23.0 Å². The molecule has 2 aliphatic rings. The number of nitro groups is 1. The average Bonchev–Trinajstić information content (AvgIpc) is 3.73. The van der Waals surface area contributed by atoms with Gasteiger partial charge in [-0.05, 0) is 17.2 Å². The summed E-state index contributed by atoms with van der Waals surface area (Å²) in [7, 11) is 0. The molecule has 21 heteroatoms. The lowest BCUT2D eigenvalue weighted by Crippen LogP contribution is -2.61. The van der Waals surface area contributed by atoms with Gasteiger partial charge in [-0.25, -0.2) is 14.6 Å². The van der Waals surface area contributed by atoms with E-state index in [1.165, 1.54) is 17.0 Å². The zero-order valence-corrected chi connectivity index (χ0v) is 26.7. The number of carbonyl (C=O) groups excluding carboxylic acids is 1. The number of nitrogens with zero attached hydrogens (tertiary/aromatic N) is 5. The Hall–Kier alpha value is -5.55. The van der Waals surface area contributed by atoms with Crippen molar-refractivity contribution >= 4 is 34.9 Å². The predicted molar refractivity (Wildman–Crippen MR) is 170 cm³/mol. The van der Waals surface area contributed by atoms with Gasteiger partial charge in [-0.1, -0.05) is 36.4 Å². The van der Waals surface area contributed by atoms with Gasteiger partial charge in [0.25, 0.3) is 0 Å². The number of amides is 1. The fourth-order valence-electron chi connectivity index (χ4n) is 5.48. The zero-order valence-electron chi connectivity index (χ0n) is 26.7. The molecule has 8 atom stereocenters. The monoisotopic (exact) mass is 728 g/mol. The number of ether oxygens (including phenoxy) is 5. The van der Waals surface area contributed by atoms with E-state index in [1.807, 2.05) is 30.3 Å². The molecule has 2 fully saturated rings. The number of carbonyl (C=O) groups is 2. The van der Waals surface area contributed by atoms with Crippen molar-refractivity contribution < 1.29 is 68.8 Å². The molecule has 0 radical (unpaired) electrons. The van der Waals surface area contributed by atoms with Crippen LogP contribution in [-0.2, 0) is 32.2 Å². The second kappa shape index (κ2) is 15.4. The number of carboxylic acid groups (broad SMARTS) is 1. The van der Waals surface area contributed by atoms with Gasteiger partial charge in [-0.3, -0.25) is 20.0 Å². The van der Waals surface area contributed by atoms with E-state index in [0.717, 1.165) is 17.7 Å². The number of aliphatic hydroxyl groups excluding tert-OH is 5. The maximum Gasteiger partial charge on any atom is 0.414 e. The highest BCUT2D eigenvalue weighted by molar-refractivity contribution is 5.85. The Kier molecular flexibility index (Phi) is 10.7. The SMILES string of the molecule is O=C(Nc1nc(OCc2ccccc2)c2ncn([C@H]3C[C@H](O)[C@@H](CO)O3)c2n1)OCc1ccc(O[C@@H]2O[C@H](C(=O)O)[C@@H](O)[C@H](O)[C@H]2O)c([N+](=O)[O-])c1. The number of nitro benzene ring substituents is 1. The van der Waals surface area contributed by atoms with Crippen molar-refractivity contribution in [3.63, 3.8) is 0 Å². The van der Waals surface area contributed by atoms with Gasteiger partial charge in [0.05, 0.1) is 24.0 Å². The number of rotatable bonds is 12. The smallest absolute Gasteiger partial charge is 0.414 e. The molecule has 276 valence electrons.